The lowest BCUT2D eigenvalue weighted by molar-refractivity contribution is 0.0532. The Balaban J connectivity index is 1.86. The topological polar surface area (TPSA) is 47.5 Å². The van der Waals surface area contributed by atoms with Gasteiger partial charge in [-0.3, -0.25) is 0 Å². The van der Waals surface area contributed by atoms with Gasteiger partial charge in [-0.25, -0.2) is 9.97 Å². The molecule has 2 aromatic rings. The third kappa shape index (κ3) is 2.62. The fourth-order valence-electron chi connectivity index (χ4n) is 2.27. The van der Waals surface area contributed by atoms with Gasteiger partial charge in [0, 0.05) is 24.7 Å². The van der Waals surface area contributed by atoms with Crippen molar-refractivity contribution < 1.29 is 9.47 Å². The van der Waals surface area contributed by atoms with E-state index in [4.69, 9.17) is 14.5 Å². The molecule has 0 amide bonds. The molecule has 0 aliphatic carbocycles. The normalized spacial score (nSPS) is 19.1. The minimum Gasteiger partial charge on any atom is -0.481 e. The molecule has 1 saturated heterocycles. The summed E-state index contributed by atoms with van der Waals surface area (Å²) in [7, 11) is 1.63. The van der Waals surface area contributed by atoms with Crippen LogP contribution >= 0.6 is 11.3 Å². The smallest absolute Gasteiger partial charge is 0.222 e. The average molecular weight is 291 g/mol. The molecule has 20 heavy (non-hydrogen) atoms. The Kier molecular flexibility index (Phi) is 3.84. The average Bonchev–Trinajstić information content (AvgIpc) is 2.97. The van der Waals surface area contributed by atoms with Gasteiger partial charge in [-0.15, -0.1) is 11.3 Å². The van der Waals surface area contributed by atoms with Gasteiger partial charge in [0.2, 0.25) is 5.88 Å². The number of nitrogens with zero attached hydrogens (tertiary/aromatic N) is 3. The Hall–Kier alpha value is -1.66. The first-order valence-corrected chi connectivity index (χ1v) is 7.47. The van der Waals surface area contributed by atoms with E-state index in [9.17, 15) is 0 Å². The van der Waals surface area contributed by atoms with Gasteiger partial charge in [0.25, 0.3) is 0 Å². The largest absolute Gasteiger partial charge is 0.481 e. The highest BCUT2D eigenvalue weighted by Gasteiger charge is 2.20. The van der Waals surface area contributed by atoms with Crippen LogP contribution in [0.25, 0.3) is 11.3 Å². The SMILES string of the molecule is COc1ncccc1-c1csc(N2CCO[C@@H](C)C2)n1. The number of hydrogen-bond acceptors (Lipinski definition) is 6. The van der Waals surface area contributed by atoms with E-state index in [1.165, 1.54) is 0 Å². The second-order valence-corrected chi connectivity index (χ2v) is 5.54. The lowest BCUT2D eigenvalue weighted by Crippen LogP contribution is -2.41. The van der Waals surface area contributed by atoms with E-state index in [1.54, 1.807) is 24.6 Å². The molecule has 1 aliphatic heterocycles. The predicted molar refractivity (Wildman–Crippen MR) is 79.5 cm³/mol. The molecule has 1 aliphatic rings. The number of hydrogen-bond donors (Lipinski definition) is 0. The van der Waals surface area contributed by atoms with E-state index in [2.05, 4.69) is 22.2 Å². The van der Waals surface area contributed by atoms with Crippen LogP contribution in [0.3, 0.4) is 0 Å². The van der Waals surface area contributed by atoms with Crippen molar-refractivity contribution in [1.82, 2.24) is 9.97 Å². The molecule has 0 saturated carbocycles. The van der Waals surface area contributed by atoms with Crippen molar-refractivity contribution in [2.75, 3.05) is 31.7 Å². The molecule has 0 radical (unpaired) electrons. The lowest BCUT2D eigenvalue weighted by atomic mass is 10.2. The van der Waals surface area contributed by atoms with E-state index in [-0.39, 0.29) is 6.10 Å². The number of thiazole rings is 1. The minimum atomic E-state index is 0.254. The van der Waals surface area contributed by atoms with Crippen molar-refractivity contribution >= 4 is 16.5 Å². The minimum absolute atomic E-state index is 0.254. The van der Waals surface area contributed by atoms with Gasteiger partial charge < -0.3 is 14.4 Å². The molecule has 5 nitrogen and oxygen atoms in total. The molecule has 0 aromatic carbocycles. The van der Waals surface area contributed by atoms with Gasteiger partial charge in [0.15, 0.2) is 5.13 Å². The number of anilines is 1. The number of methoxy groups -OCH3 is 1. The van der Waals surface area contributed by atoms with E-state index < -0.39 is 0 Å². The second kappa shape index (κ2) is 5.76. The zero-order valence-corrected chi connectivity index (χ0v) is 12.4. The van der Waals surface area contributed by atoms with Crippen LogP contribution in [-0.2, 0) is 4.74 Å². The predicted octanol–water partition coefficient (Wildman–Crippen LogP) is 2.44. The maximum absolute atomic E-state index is 5.56. The van der Waals surface area contributed by atoms with Gasteiger partial charge in [0.05, 0.1) is 31.1 Å². The van der Waals surface area contributed by atoms with Gasteiger partial charge in [-0.05, 0) is 19.1 Å². The second-order valence-electron chi connectivity index (χ2n) is 4.70. The van der Waals surface area contributed by atoms with Crippen LogP contribution in [0.15, 0.2) is 23.7 Å². The Morgan fingerprint density at radius 2 is 2.40 bits per heavy atom. The van der Waals surface area contributed by atoms with Crippen LogP contribution in [0.2, 0.25) is 0 Å². The van der Waals surface area contributed by atoms with Gasteiger partial charge in [-0.2, -0.15) is 0 Å². The summed E-state index contributed by atoms with van der Waals surface area (Å²) < 4.78 is 10.9. The maximum Gasteiger partial charge on any atom is 0.222 e. The van der Waals surface area contributed by atoms with Crippen molar-refractivity contribution in [3.63, 3.8) is 0 Å². The number of ether oxygens (including phenoxy) is 2. The fourth-order valence-corrected chi connectivity index (χ4v) is 3.14. The first kappa shape index (κ1) is 13.3. The molecule has 6 heteroatoms. The molecule has 0 unspecified atom stereocenters. The Morgan fingerprint density at radius 3 is 3.20 bits per heavy atom. The standard InChI is InChI=1S/C14H17N3O2S/c1-10-8-17(6-7-19-10)14-16-12(9-20-14)11-4-3-5-15-13(11)18-2/h3-5,9-10H,6-8H2,1-2H3/t10-/m0/s1. The summed E-state index contributed by atoms with van der Waals surface area (Å²) in [5.74, 6) is 0.611. The van der Waals surface area contributed by atoms with Gasteiger partial charge in [-0.1, -0.05) is 0 Å². The number of pyridine rings is 1. The maximum atomic E-state index is 5.56. The molecule has 0 spiro atoms. The molecule has 106 valence electrons. The lowest BCUT2D eigenvalue weighted by Gasteiger charge is -2.30. The van der Waals surface area contributed by atoms with Crippen molar-refractivity contribution in [3.05, 3.63) is 23.7 Å². The highest BCUT2D eigenvalue weighted by molar-refractivity contribution is 7.14. The van der Waals surface area contributed by atoms with E-state index in [0.717, 1.165) is 36.1 Å². The molecule has 0 bridgehead atoms. The summed E-state index contributed by atoms with van der Waals surface area (Å²) in [4.78, 5) is 11.2. The summed E-state index contributed by atoms with van der Waals surface area (Å²) >= 11 is 1.65. The summed E-state index contributed by atoms with van der Waals surface area (Å²) in [5.41, 5.74) is 1.84. The van der Waals surface area contributed by atoms with Gasteiger partial charge >= 0.3 is 0 Å². The Morgan fingerprint density at radius 1 is 1.50 bits per heavy atom. The summed E-state index contributed by atoms with van der Waals surface area (Å²) in [6.07, 6.45) is 1.98. The number of aromatic nitrogens is 2. The number of rotatable bonds is 3. The molecule has 1 fully saturated rings. The van der Waals surface area contributed by atoms with E-state index in [1.807, 2.05) is 12.1 Å². The first-order valence-electron chi connectivity index (χ1n) is 6.59. The van der Waals surface area contributed by atoms with Crippen LogP contribution < -0.4 is 9.64 Å². The first-order chi connectivity index (χ1) is 9.78. The van der Waals surface area contributed by atoms with Crippen LogP contribution in [-0.4, -0.2) is 42.9 Å². The zero-order valence-electron chi connectivity index (χ0n) is 11.6. The van der Waals surface area contributed by atoms with Gasteiger partial charge in [0.1, 0.15) is 0 Å². The van der Waals surface area contributed by atoms with Crippen LogP contribution in [0.4, 0.5) is 5.13 Å². The van der Waals surface area contributed by atoms with E-state index in [0.29, 0.717) is 5.88 Å². The zero-order chi connectivity index (χ0) is 13.9. The third-order valence-corrected chi connectivity index (χ3v) is 4.15. The summed E-state index contributed by atoms with van der Waals surface area (Å²) in [6, 6.07) is 3.88. The highest BCUT2D eigenvalue weighted by Crippen LogP contribution is 2.32. The van der Waals surface area contributed by atoms with Crippen LogP contribution in [0, 0.1) is 0 Å². The highest BCUT2D eigenvalue weighted by atomic mass is 32.1. The van der Waals surface area contributed by atoms with Crippen molar-refractivity contribution in [1.29, 1.82) is 0 Å². The molecule has 0 N–H and O–H groups in total. The van der Waals surface area contributed by atoms with Crippen molar-refractivity contribution in [2.45, 2.75) is 13.0 Å². The van der Waals surface area contributed by atoms with Crippen molar-refractivity contribution in [3.8, 4) is 17.1 Å². The Bertz CT molecular complexity index is 587. The van der Waals surface area contributed by atoms with Crippen LogP contribution in [0.1, 0.15) is 6.92 Å². The third-order valence-electron chi connectivity index (χ3n) is 3.24. The van der Waals surface area contributed by atoms with Crippen LogP contribution in [0.5, 0.6) is 5.88 Å². The molecular weight excluding hydrogens is 274 g/mol. The summed E-state index contributed by atoms with van der Waals surface area (Å²) in [6.45, 7) is 4.62. The fraction of sp³-hybridized carbons (Fsp3) is 0.429. The number of morpholine rings is 1. The molecule has 2 aromatic heterocycles. The molecule has 1 atom stereocenters. The monoisotopic (exact) mass is 291 g/mol. The molecular formula is C14H17N3O2S. The Labute approximate surface area is 122 Å². The quantitative estimate of drug-likeness (QED) is 0.869. The van der Waals surface area contributed by atoms with Crippen molar-refractivity contribution in [2.24, 2.45) is 0 Å². The molecule has 3 heterocycles. The summed E-state index contributed by atoms with van der Waals surface area (Å²) in [5, 5.41) is 3.08. The molecule has 3 rings (SSSR count). The van der Waals surface area contributed by atoms with E-state index >= 15 is 0 Å².